The van der Waals surface area contributed by atoms with E-state index in [0.29, 0.717) is 13.2 Å². The summed E-state index contributed by atoms with van der Waals surface area (Å²) in [6.07, 6.45) is 2.49. The van der Waals surface area contributed by atoms with Crippen LogP contribution >= 0.6 is 0 Å². The van der Waals surface area contributed by atoms with E-state index in [1.165, 1.54) is 26.7 Å². The van der Waals surface area contributed by atoms with Gasteiger partial charge >= 0.3 is 0 Å². The van der Waals surface area contributed by atoms with E-state index in [1.807, 2.05) is 60.7 Å². The van der Waals surface area contributed by atoms with Gasteiger partial charge in [-0.25, -0.2) is 0 Å². The van der Waals surface area contributed by atoms with Crippen LogP contribution < -0.4 is 10.6 Å². The van der Waals surface area contributed by atoms with Crippen LogP contribution in [0.2, 0.25) is 0 Å². The van der Waals surface area contributed by atoms with Crippen LogP contribution in [0.3, 0.4) is 0 Å². The van der Waals surface area contributed by atoms with Gasteiger partial charge < -0.3 is 30.4 Å². The second-order valence-corrected chi connectivity index (χ2v) is 6.03. The molecule has 0 aliphatic carbocycles. The maximum absolute atomic E-state index is 9.24. The van der Waals surface area contributed by atoms with E-state index in [9.17, 15) is 9.59 Å². The van der Waals surface area contributed by atoms with Crippen LogP contribution in [0, 0.1) is 12.8 Å². The van der Waals surface area contributed by atoms with Gasteiger partial charge in [0.1, 0.15) is 13.2 Å². The van der Waals surface area contributed by atoms with Gasteiger partial charge in [-0.3, -0.25) is 9.59 Å². The Bertz CT molecular complexity index is 719. The van der Waals surface area contributed by atoms with Crippen molar-refractivity contribution in [3.8, 4) is 0 Å². The van der Waals surface area contributed by atoms with E-state index in [2.05, 4.69) is 10.6 Å². The van der Waals surface area contributed by atoms with E-state index in [0.717, 1.165) is 11.4 Å². The van der Waals surface area contributed by atoms with Crippen molar-refractivity contribution in [3.63, 3.8) is 0 Å². The number of carbonyl (C=O) groups excluding carboxylic acids is 4. The van der Waals surface area contributed by atoms with Crippen molar-refractivity contribution in [3.05, 3.63) is 73.5 Å². The van der Waals surface area contributed by atoms with Crippen molar-refractivity contribution >= 4 is 34.8 Å². The minimum absolute atomic E-state index is 0. The van der Waals surface area contributed by atoms with Crippen LogP contribution in [-0.4, -0.2) is 66.0 Å². The second-order valence-electron chi connectivity index (χ2n) is 6.03. The fourth-order valence-electron chi connectivity index (χ4n) is 1.81. The minimum Gasteiger partial charge on any atom is -0.446 e. The Labute approximate surface area is 210 Å². The quantitative estimate of drug-likeness (QED) is 0.259. The first-order valence-corrected chi connectivity index (χ1v) is 9.99. The Morgan fingerprint density at radius 3 is 1.12 bits per heavy atom. The molecule has 8 nitrogen and oxygen atoms in total. The Morgan fingerprint density at radius 2 is 0.909 bits per heavy atom. The van der Waals surface area contributed by atoms with Crippen LogP contribution in [0.4, 0.5) is 11.4 Å². The zero-order valence-electron chi connectivity index (χ0n) is 19.6. The molecule has 0 saturated heterocycles. The molecule has 0 fully saturated rings. The van der Waals surface area contributed by atoms with Gasteiger partial charge in [-0.15, -0.1) is 12.8 Å². The van der Waals surface area contributed by atoms with Gasteiger partial charge in [-0.2, -0.15) is 0 Å². The Morgan fingerprint density at radius 1 is 0.667 bits per heavy atom. The first-order valence-electron chi connectivity index (χ1n) is 9.99. The van der Waals surface area contributed by atoms with E-state index in [1.54, 1.807) is 13.8 Å². The molecule has 10 N–H and O–H groups in total. The summed E-state index contributed by atoms with van der Waals surface area (Å²) in [5.41, 5.74) is 1.55. The number of hydrogen-bond acceptors (Lipinski definition) is 0. The molecule has 180 valence electrons. The number of amides is 2. The first kappa shape index (κ1) is 34.7. The molecule has 0 radical (unpaired) electrons. The topological polar surface area (TPSA) is 155 Å². The molecule has 0 bridgehead atoms. The van der Waals surface area contributed by atoms with Crippen LogP contribution in [-0.2, 0) is 21.7 Å². The predicted octanol–water partition coefficient (Wildman–Crippen LogP) is 2.20. The number of ketones is 2. The molecule has 2 rings (SSSR count). The van der Waals surface area contributed by atoms with E-state index >= 15 is 0 Å². The third kappa shape index (κ3) is 25.2. The van der Waals surface area contributed by atoms with Gasteiger partial charge in [-0.05, 0) is 24.3 Å². The molecule has 0 aliphatic heterocycles. The van der Waals surface area contributed by atoms with Crippen molar-refractivity contribution in [1.29, 1.82) is 0 Å². The zero-order valence-corrected chi connectivity index (χ0v) is 21.2. The molecule has 0 spiro atoms. The molecule has 0 saturated carbocycles. The summed E-state index contributed by atoms with van der Waals surface area (Å²) in [5, 5.41) is 17.8. The summed E-state index contributed by atoms with van der Waals surface area (Å²) >= 11 is 0. The van der Waals surface area contributed by atoms with Gasteiger partial charge in [0.2, 0.25) is 0 Å². The van der Waals surface area contributed by atoms with Gasteiger partial charge in [0.15, 0.2) is 11.6 Å². The van der Waals surface area contributed by atoms with Crippen molar-refractivity contribution in [1.82, 2.24) is 0 Å². The van der Waals surface area contributed by atoms with Crippen molar-refractivity contribution in [2.75, 3.05) is 23.8 Å². The summed E-state index contributed by atoms with van der Waals surface area (Å²) in [6.45, 7) is 7.56. The van der Waals surface area contributed by atoms with E-state index in [-0.39, 0.29) is 45.1 Å². The molecular formula is C24H38N2O6Ti+4. The second kappa shape index (κ2) is 23.8. The number of hydrogen-bond donors (Lipinski definition) is 2. The number of rotatable bonds is 6. The molecule has 0 aliphatic rings. The third-order valence-corrected chi connectivity index (χ3v) is 2.78. The van der Waals surface area contributed by atoms with Gasteiger partial charge in [0, 0.05) is 60.8 Å². The van der Waals surface area contributed by atoms with Gasteiger partial charge in [0.05, 0.1) is 0 Å². The Hall–Kier alpha value is -2.91. The maximum atomic E-state index is 9.24. The van der Waals surface area contributed by atoms with Crippen molar-refractivity contribution in [2.45, 2.75) is 27.7 Å². The molecule has 9 heteroatoms. The molecule has 2 amide bonds. The summed E-state index contributed by atoms with van der Waals surface area (Å²) in [4.78, 5) is 36.2. The molecule has 0 heterocycles. The monoisotopic (exact) mass is 498 g/mol. The third-order valence-electron chi connectivity index (χ3n) is 2.78. The van der Waals surface area contributed by atoms with Crippen LogP contribution in [0.1, 0.15) is 27.7 Å². The molecule has 2 aromatic rings. The van der Waals surface area contributed by atoms with Crippen molar-refractivity contribution in [2.24, 2.45) is 0 Å². The molecule has 2 aromatic carbocycles. The smallest absolute Gasteiger partial charge is 0.273 e. The fraction of sp³-hybridized carbons (Fsp3) is 0.250. The summed E-state index contributed by atoms with van der Waals surface area (Å²) < 4.78 is 0. The summed E-state index contributed by atoms with van der Waals surface area (Å²) in [6, 6.07) is 18.4. The number of anilines is 2. The summed E-state index contributed by atoms with van der Waals surface area (Å²) in [7, 11) is 0. The number of para-hydroxylation sites is 2. The van der Waals surface area contributed by atoms with Gasteiger partial charge in [0.25, 0.3) is 11.8 Å². The zero-order chi connectivity index (χ0) is 24.8. The fourth-order valence-corrected chi connectivity index (χ4v) is 1.81. The molecule has 0 unspecified atom stereocenters. The molecule has 0 atom stereocenters. The standard InChI is InChI=1S/2C10H10NO2.2C2H6O.Ti/c2*1-8(12)7-10(13)11-9-5-3-2-4-6-9;2*1-2-3;/h2*2-7H,1H3,(H,11,13);2*3H,2H2,1H3;/q2*-1;;;/p+6. The SMILES string of the molecule is CC(=[OH+])[CH-]C(=[OH+])Nc1ccccc1.CC(=[OH+])[CH-]C(=[OH+])Nc1ccccc1.CC[OH2+].CC[OH2+].[Ti]. The van der Waals surface area contributed by atoms with Crippen molar-refractivity contribution < 1.29 is 51.1 Å². The largest absolute Gasteiger partial charge is 0.446 e. The van der Waals surface area contributed by atoms with E-state index in [4.69, 9.17) is 19.8 Å². The minimum atomic E-state index is -0.0776. The number of nitrogens with one attached hydrogen (secondary N) is 2. The normalized spacial score (nSPS) is 8.18. The average Bonchev–Trinajstić information content (AvgIpc) is 2.70. The first-order chi connectivity index (χ1) is 15.2. The van der Waals surface area contributed by atoms with Crippen LogP contribution in [0.25, 0.3) is 0 Å². The van der Waals surface area contributed by atoms with Gasteiger partial charge in [-0.1, -0.05) is 36.4 Å². The summed E-state index contributed by atoms with van der Waals surface area (Å²) in [5.74, 6) is -0.0423. The van der Waals surface area contributed by atoms with E-state index < -0.39 is 0 Å². The Kier molecular flexibility index (Phi) is 25.0. The molecule has 0 aromatic heterocycles. The predicted molar refractivity (Wildman–Crippen MR) is 136 cm³/mol. The van der Waals surface area contributed by atoms with Crippen LogP contribution in [0.15, 0.2) is 60.7 Å². The maximum Gasteiger partial charge on any atom is 0.273 e. The Balaban J connectivity index is -0.000000430. The van der Waals surface area contributed by atoms with Crippen LogP contribution in [0.5, 0.6) is 0 Å². The number of benzene rings is 2. The molecule has 33 heavy (non-hydrogen) atoms. The molecular weight excluding hydrogens is 460 g/mol. The average molecular weight is 498 g/mol.